The van der Waals surface area contributed by atoms with Crippen molar-refractivity contribution in [3.63, 3.8) is 0 Å². The molecule has 1 amide bonds. The SMILES string of the molecule is CC1(C)CC[C@]2(N3CCC3=O)CC[C@]3(C)[C@H](C(=O)C=C4[C@@]5(C)C=C(C#N)C(=O)C(C)(C)[C@@H]5CC[C@]43C)[C@@H]2C1. The molecule has 3 saturated carbocycles. The molecule has 0 N–H and O–H groups in total. The molecule has 6 rings (SSSR count). The van der Waals surface area contributed by atoms with E-state index >= 15 is 0 Å². The zero-order valence-electron chi connectivity index (χ0n) is 24.4. The van der Waals surface area contributed by atoms with E-state index in [-0.39, 0.29) is 62.6 Å². The molecule has 0 radical (unpaired) electrons. The largest absolute Gasteiger partial charge is 0.336 e. The Kier molecular flexibility index (Phi) is 5.13. The fourth-order valence-electron chi connectivity index (χ4n) is 10.9. The van der Waals surface area contributed by atoms with Gasteiger partial charge in [0.05, 0.1) is 5.57 Å². The zero-order valence-corrected chi connectivity index (χ0v) is 24.4. The molecular weight excluding hydrogens is 472 g/mol. The Morgan fingerprint density at radius 1 is 0.947 bits per heavy atom. The summed E-state index contributed by atoms with van der Waals surface area (Å²) in [6, 6.07) is 2.20. The maximum atomic E-state index is 14.5. The second-order valence-corrected chi connectivity index (χ2v) is 15.7. The maximum Gasteiger partial charge on any atom is 0.224 e. The summed E-state index contributed by atoms with van der Waals surface area (Å²) in [4.78, 5) is 42.8. The molecule has 1 heterocycles. The second kappa shape index (κ2) is 7.49. The molecule has 0 unspecified atom stereocenters. The molecule has 5 aliphatic carbocycles. The first-order valence-electron chi connectivity index (χ1n) is 14.8. The van der Waals surface area contributed by atoms with Crippen LogP contribution in [-0.4, -0.2) is 34.5 Å². The van der Waals surface area contributed by atoms with Gasteiger partial charge in [-0.3, -0.25) is 14.4 Å². The first-order valence-corrected chi connectivity index (χ1v) is 14.8. The van der Waals surface area contributed by atoms with E-state index in [1.807, 2.05) is 26.0 Å². The third-order valence-corrected chi connectivity index (χ3v) is 13.2. The highest BCUT2D eigenvalue weighted by Gasteiger charge is 2.71. The highest BCUT2D eigenvalue weighted by Crippen LogP contribution is 2.74. The summed E-state index contributed by atoms with van der Waals surface area (Å²) in [6.45, 7) is 16.4. The van der Waals surface area contributed by atoms with Crippen LogP contribution in [0.4, 0.5) is 0 Å². The topological polar surface area (TPSA) is 78.2 Å². The molecule has 204 valence electrons. The quantitative estimate of drug-likeness (QED) is 0.389. The van der Waals surface area contributed by atoms with E-state index in [1.54, 1.807) is 0 Å². The number of Topliss-reactive ketones (excluding diaryl/α,β-unsaturated/α-hetero) is 1. The number of carbonyl (C=O) groups excluding carboxylic acids is 3. The van der Waals surface area contributed by atoms with Crippen LogP contribution < -0.4 is 0 Å². The van der Waals surface area contributed by atoms with Crippen LogP contribution in [0.3, 0.4) is 0 Å². The van der Waals surface area contributed by atoms with Crippen molar-refractivity contribution in [2.75, 3.05) is 6.54 Å². The van der Waals surface area contributed by atoms with Gasteiger partial charge < -0.3 is 4.90 Å². The minimum Gasteiger partial charge on any atom is -0.336 e. The Hall–Kier alpha value is -2.22. The number of allylic oxidation sites excluding steroid dienone is 4. The first kappa shape index (κ1) is 26.0. The third-order valence-electron chi connectivity index (χ3n) is 13.2. The summed E-state index contributed by atoms with van der Waals surface area (Å²) in [7, 11) is 0. The Labute approximate surface area is 228 Å². The summed E-state index contributed by atoms with van der Waals surface area (Å²) in [5.41, 5.74) is -0.264. The number of nitrogens with zero attached hydrogens (tertiary/aromatic N) is 2. The van der Waals surface area contributed by atoms with E-state index in [0.29, 0.717) is 6.42 Å². The van der Waals surface area contributed by atoms with Crippen molar-refractivity contribution in [2.24, 2.45) is 44.8 Å². The number of hydrogen-bond donors (Lipinski definition) is 0. The summed E-state index contributed by atoms with van der Waals surface area (Å²) in [5, 5.41) is 9.90. The van der Waals surface area contributed by atoms with Gasteiger partial charge in [-0.1, -0.05) is 60.1 Å². The molecule has 1 aliphatic heterocycles. The fourth-order valence-corrected chi connectivity index (χ4v) is 10.9. The molecule has 0 aromatic carbocycles. The average Bonchev–Trinajstić information content (AvgIpc) is 2.82. The lowest BCUT2D eigenvalue weighted by atomic mass is 9.35. The summed E-state index contributed by atoms with van der Waals surface area (Å²) >= 11 is 0. The van der Waals surface area contributed by atoms with E-state index < -0.39 is 10.8 Å². The van der Waals surface area contributed by atoms with E-state index in [1.165, 1.54) is 0 Å². The molecule has 1 saturated heterocycles. The van der Waals surface area contributed by atoms with Gasteiger partial charge in [0, 0.05) is 35.3 Å². The molecular formula is C33H44N2O3. The standard InChI is InChI=1S/C33H44N2O3/c1-28(2)11-13-33(35-15-9-25(35)37)14-12-32(7)26(21(33)18-28)22(36)16-24-30(5)17-20(19-34)27(38)29(3,4)23(30)8-10-31(24,32)6/h16-17,21,23,26H,8-15,18H2,1-7H3/t21-,23-,26-,30-,31+,32+,33-/m0/s1. The monoisotopic (exact) mass is 516 g/mol. The second-order valence-electron chi connectivity index (χ2n) is 15.7. The third kappa shape index (κ3) is 2.91. The molecule has 5 heteroatoms. The maximum absolute atomic E-state index is 14.5. The smallest absolute Gasteiger partial charge is 0.224 e. The first-order chi connectivity index (χ1) is 17.6. The normalized spacial score (nSPS) is 46.8. The number of β-lactam (4-membered cyclic amide) rings is 1. The van der Waals surface area contributed by atoms with Gasteiger partial charge in [-0.05, 0) is 79.1 Å². The zero-order chi connectivity index (χ0) is 27.7. The fraction of sp³-hybridized carbons (Fsp3) is 0.758. The number of likely N-dealkylation sites (tertiary alicyclic amines) is 1. The van der Waals surface area contributed by atoms with Gasteiger partial charge in [0.15, 0.2) is 11.6 Å². The number of carbonyl (C=O) groups is 3. The molecule has 0 bridgehead atoms. The molecule has 6 aliphatic rings. The van der Waals surface area contributed by atoms with Crippen molar-refractivity contribution in [1.82, 2.24) is 4.90 Å². The van der Waals surface area contributed by atoms with Gasteiger partial charge in [0.1, 0.15) is 6.07 Å². The van der Waals surface area contributed by atoms with Crippen LogP contribution in [0.15, 0.2) is 23.3 Å². The number of fused-ring (bicyclic) bond motifs is 7. The molecule has 0 spiro atoms. The van der Waals surface area contributed by atoms with Gasteiger partial charge in [-0.15, -0.1) is 0 Å². The summed E-state index contributed by atoms with van der Waals surface area (Å²) in [5.74, 6) is 0.515. The summed E-state index contributed by atoms with van der Waals surface area (Å²) in [6.07, 6.45) is 11.3. The van der Waals surface area contributed by atoms with Crippen molar-refractivity contribution in [3.05, 3.63) is 23.3 Å². The minimum absolute atomic E-state index is 0.0573. The van der Waals surface area contributed by atoms with E-state index in [9.17, 15) is 19.6 Å². The lowest BCUT2D eigenvalue weighted by Crippen LogP contribution is -2.72. The van der Waals surface area contributed by atoms with Crippen LogP contribution in [0.5, 0.6) is 0 Å². The number of rotatable bonds is 1. The van der Waals surface area contributed by atoms with Gasteiger partial charge in [0.25, 0.3) is 0 Å². The molecule has 0 aromatic heterocycles. The molecule has 4 fully saturated rings. The van der Waals surface area contributed by atoms with Crippen molar-refractivity contribution in [1.29, 1.82) is 5.26 Å². The van der Waals surface area contributed by atoms with E-state index in [2.05, 4.69) is 45.6 Å². The van der Waals surface area contributed by atoms with E-state index in [4.69, 9.17) is 0 Å². The highest BCUT2D eigenvalue weighted by molar-refractivity contribution is 6.04. The lowest BCUT2D eigenvalue weighted by molar-refractivity contribution is -0.192. The molecule has 7 atom stereocenters. The van der Waals surface area contributed by atoms with Crippen LogP contribution in [0.1, 0.15) is 99.8 Å². The van der Waals surface area contributed by atoms with Gasteiger partial charge in [-0.25, -0.2) is 0 Å². The predicted molar refractivity (Wildman–Crippen MR) is 146 cm³/mol. The summed E-state index contributed by atoms with van der Waals surface area (Å²) < 4.78 is 0. The van der Waals surface area contributed by atoms with Gasteiger partial charge in [0.2, 0.25) is 5.91 Å². The van der Waals surface area contributed by atoms with Crippen molar-refractivity contribution in [3.8, 4) is 6.07 Å². The number of hydrogen-bond acceptors (Lipinski definition) is 4. The van der Waals surface area contributed by atoms with Crippen LogP contribution in [0, 0.1) is 56.2 Å². The molecule has 38 heavy (non-hydrogen) atoms. The number of amides is 1. The molecule has 0 aromatic rings. The lowest BCUT2D eigenvalue weighted by Gasteiger charge is -2.71. The Balaban J connectivity index is 1.52. The van der Waals surface area contributed by atoms with Crippen molar-refractivity contribution < 1.29 is 14.4 Å². The number of ketones is 2. The average molecular weight is 517 g/mol. The van der Waals surface area contributed by atoms with Crippen LogP contribution in [0.25, 0.3) is 0 Å². The minimum atomic E-state index is -0.648. The van der Waals surface area contributed by atoms with Crippen LogP contribution >= 0.6 is 0 Å². The van der Waals surface area contributed by atoms with E-state index in [0.717, 1.165) is 57.1 Å². The number of nitriles is 1. The van der Waals surface area contributed by atoms with Crippen molar-refractivity contribution >= 4 is 17.5 Å². The highest BCUT2D eigenvalue weighted by atomic mass is 16.2. The Morgan fingerprint density at radius 3 is 2.24 bits per heavy atom. The van der Waals surface area contributed by atoms with Gasteiger partial charge >= 0.3 is 0 Å². The predicted octanol–water partition coefficient (Wildman–Crippen LogP) is 6.19. The van der Waals surface area contributed by atoms with Crippen LogP contribution in [0.2, 0.25) is 0 Å². The molecule has 5 nitrogen and oxygen atoms in total. The van der Waals surface area contributed by atoms with Crippen molar-refractivity contribution in [2.45, 2.75) is 105 Å². The van der Waals surface area contributed by atoms with Gasteiger partial charge in [-0.2, -0.15) is 5.26 Å². The Morgan fingerprint density at radius 2 is 1.63 bits per heavy atom. The Bertz CT molecular complexity index is 1270. The van der Waals surface area contributed by atoms with Crippen LogP contribution in [-0.2, 0) is 14.4 Å².